The summed E-state index contributed by atoms with van der Waals surface area (Å²) < 4.78 is 0. The highest BCUT2D eigenvalue weighted by Gasteiger charge is 2.18. The van der Waals surface area contributed by atoms with Crippen LogP contribution in [0.5, 0.6) is 0 Å². The van der Waals surface area contributed by atoms with Gasteiger partial charge in [-0.3, -0.25) is 9.59 Å². The Morgan fingerprint density at radius 2 is 1.54 bits per heavy atom. The summed E-state index contributed by atoms with van der Waals surface area (Å²) in [5, 5.41) is 5.71. The summed E-state index contributed by atoms with van der Waals surface area (Å²) in [6.07, 6.45) is 0. The third-order valence-corrected chi connectivity index (χ3v) is 4.46. The smallest absolute Gasteiger partial charge is 0.255 e. The lowest BCUT2D eigenvalue weighted by Crippen LogP contribution is -2.44. The van der Waals surface area contributed by atoms with Crippen molar-refractivity contribution in [2.75, 3.05) is 48.8 Å². The number of likely N-dealkylation sites (N-methyl/N-ethyl adjacent to an activating group) is 1. The van der Waals surface area contributed by atoms with Crippen molar-refractivity contribution in [3.8, 4) is 0 Å². The van der Waals surface area contributed by atoms with E-state index in [1.165, 1.54) is 6.92 Å². The van der Waals surface area contributed by atoms with Crippen LogP contribution in [0, 0.1) is 0 Å². The molecular weight excluding hydrogens is 328 g/mol. The summed E-state index contributed by atoms with van der Waals surface area (Å²) >= 11 is 0. The van der Waals surface area contributed by atoms with E-state index in [1.807, 2.05) is 24.3 Å². The van der Waals surface area contributed by atoms with E-state index >= 15 is 0 Å². The average Bonchev–Trinajstić information content (AvgIpc) is 2.63. The number of hydrogen-bond acceptors (Lipinski definition) is 4. The number of nitrogens with zero attached hydrogens (tertiary/aromatic N) is 2. The molecule has 2 N–H and O–H groups in total. The maximum atomic E-state index is 12.6. The topological polar surface area (TPSA) is 64.7 Å². The number of para-hydroxylation sites is 2. The number of benzene rings is 2. The predicted molar refractivity (Wildman–Crippen MR) is 105 cm³/mol. The van der Waals surface area contributed by atoms with Crippen LogP contribution in [0.25, 0.3) is 0 Å². The zero-order chi connectivity index (χ0) is 18.5. The molecule has 3 rings (SSSR count). The van der Waals surface area contributed by atoms with Gasteiger partial charge in [0.15, 0.2) is 0 Å². The van der Waals surface area contributed by atoms with Gasteiger partial charge in [0, 0.05) is 44.4 Å². The van der Waals surface area contributed by atoms with Gasteiger partial charge in [0.25, 0.3) is 5.91 Å². The molecule has 1 fully saturated rings. The summed E-state index contributed by atoms with van der Waals surface area (Å²) in [5.74, 6) is -0.302. The van der Waals surface area contributed by atoms with Crippen LogP contribution in [-0.4, -0.2) is 49.9 Å². The van der Waals surface area contributed by atoms with Crippen LogP contribution in [0.2, 0.25) is 0 Å². The van der Waals surface area contributed by atoms with E-state index < -0.39 is 0 Å². The number of amides is 2. The second-order valence-corrected chi connectivity index (χ2v) is 6.52. The largest absolute Gasteiger partial charge is 0.367 e. The monoisotopic (exact) mass is 352 g/mol. The quantitative estimate of drug-likeness (QED) is 0.888. The first kappa shape index (κ1) is 17.9. The molecule has 0 aromatic heterocycles. The highest BCUT2D eigenvalue weighted by molar-refractivity contribution is 6.06. The number of nitrogens with one attached hydrogen (secondary N) is 2. The summed E-state index contributed by atoms with van der Waals surface area (Å²) in [5.41, 5.74) is 3.08. The third kappa shape index (κ3) is 4.40. The van der Waals surface area contributed by atoms with Crippen molar-refractivity contribution in [3.05, 3.63) is 54.1 Å². The molecule has 1 heterocycles. The van der Waals surface area contributed by atoms with E-state index in [0.717, 1.165) is 37.6 Å². The van der Waals surface area contributed by atoms with Gasteiger partial charge < -0.3 is 20.4 Å². The predicted octanol–water partition coefficient (Wildman–Crippen LogP) is 2.65. The molecule has 1 saturated heterocycles. The number of piperazine rings is 1. The zero-order valence-electron chi connectivity index (χ0n) is 15.2. The lowest BCUT2D eigenvalue weighted by molar-refractivity contribution is -0.114. The molecule has 0 radical (unpaired) electrons. The molecule has 0 saturated carbocycles. The average molecular weight is 352 g/mol. The Hall–Kier alpha value is -2.86. The number of anilines is 3. The minimum absolute atomic E-state index is 0.136. The molecule has 2 aromatic carbocycles. The molecule has 0 atom stereocenters. The zero-order valence-corrected chi connectivity index (χ0v) is 15.2. The number of hydrogen-bond donors (Lipinski definition) is 2. The SMILES string of the molecule is CC(=O)Nc1ccc(C(=O)Nc2ccccc2N2CCN(C)CC2)cc1. The van der Waals surface area contributed by atoms with E-state index in [1.54, 1.807) is 24.3 Å². The van der Waals surface area contributed by atoms with Crippen LogP contribution < -0.4 is 15.5 Å². The molecule has 0 spiro atoms. The molecule has 6 nitrogen and oxygen atoms in total. The van der Waals surface area contributed by atoms with Crippen molar-refractivity contribution in [1.29, 1.82) is 0 Å². The Bertz CT molecular complexity index is 781. The Kier molecular flexibility index (Phi) is 5.53. The molecule has 0 unspecified atom stereocenters. The van der Waals surface area contributed by atoms with Gasteiger partial charge in [-0.1, -0.05) is 12.1 Å². The Morgan fingerprint density at radius 1 is 0.885 bits per heavy atom. The van der Waals surface area contributed by atoms with Crippen molar-refractivity contribution in [2.24, 2.45) is 0 Å². The third-order valence-electron chi connectivity index (χ3n) is 4.46. The molecule has 1 aliphatic rings. The summed E-state index contributed by atoms with van der Waals surface area (Å²) in [7, 11) is 2.12. The lowest BCUT2D eigenvalue weighted by Gasteiger charge is -2.35. The Morgan fingerprint density at radius 3 is 2.19 bits per heavy atom. The normalized spacial score (nSPS) is 14.8. The van der Waals surface area contributed by atoms with E-state index in [9.17, 15) is 9.59 Å². The van der Waals surface area contributed by atoms with Gasteiger partial charge in [0.1, 0.15) is 0 Å². The first-order valence-corrected chi connectivity index (χ1v) is 8.74. The van der Waals surface area contributed by atoms with Crippen molar-refractivity contribution in [2.45, 2.75) is 6.92 Å². The van der Waals surface area contributed by atoms with E-state index in [0.29, 0.717) is 11.3 Å². The first-order valence-electron chi connectivity index (χ1n) is 8.74. The molecule has 6 heteroatoms. The van der Waals surface area contributed by atoms with Gasteiger partial charge >= 0.3 is 0 Å². The van der Waals surface area contributed by atoms with E-state index in [2.05, 4.69) is 27.5 Å². The molecule has 0 bridgehead atoms. The lowest BCUT2D eigenvalue weighted by atomic mass is 10.1. The molecule has 136 valence electrons. The van der Waals surface area contributed by atoms with Crippen LogP contribution in [0.1, 0.15) is 17.3 Å². The molecular formula is C20H24N4O2. The van der Waals surface area contributed by atoms with Gasteiger partial charge in [0.2, 0.25) is 5.91 Å². The molecule has 2 aromatic rings. The van der Waals surface area contributed by atoms with Gasteiger partial charge in [0.05, 0.1) is 11.4 Å². The number of carbonyl (C=O) groups excluding carboxylic acids is 2. The van der Waals surface area contributed by atoms with Gasteiger partial charge in [-0.15, -0.1) is 0 Å². The maximum Gasteiger partial charge on any atom is 0.255 e. The van der Waals surface area contributed by atoms with E-state index in [4.69, 9.17) is 0 Å². The fraction of sp³-hybridized carbons (Fsp3) is 0.300. The van der Waals surface area contributed by atoms with Crippen LogP contribution in [0.4, 0.5) is 17.1 Å². The fourth-order valence-electron chi connectivity index (χ4n) is 3.01. The highest BCUT2D eigenvalue weighted by atomic mass is 16.2. The summed E-state index contributed by atoms with van der Waals surface area (Å²) in [4.78, 5) is 28.3. The maximum absolute atomic E-state index is 12.6. The molecule has 2 amide bonds. The molecule has 26 heavy (non-hydrogen) atoms. The fourth-order valence-corrected chi connectivity index (χ4v) is 3.01. The standard InChI is InChI=1S/C20H24N4O2/c1-15(25)21-17-9-7-16(8-10-17)20(26)22-18-5-3-4-6-19(18)24-13-11-23(2)12-14-24/h3-10H,11-14H2,1-2H3,(H,21,25)(H,22,26). The van der Waals surface area contributed by atoms with Gasteiger partial charge in [-0.2, -0.15) is 0 Å². The van der Waals surface area contributed by atoms with Crippen LogP contribution in [-0.2, 0) is 4.79 Å². The molecule has 1 aliphatic heterocycles. The minimum atomic E-state index is -0.166. The highest BCUT2D eigenvalue weighted by Crippen LogP contribution is 2.27. The second-order valence-electron chi connectivity index (χ2n) is 6.52. The summed E-state index contributed by atoms with van der Waals surface area (Å²) in [6, 6.07) is 14.8. The van der Waals surface area contributed by atoms with Crippen molar-refractivity contribution in [3.63, 3.8) is 0 Å². The number of rotatable bonds is 4. The van der Waals surface area contributed by atoms with Crippen molar-refractivity contribution in [1.82, 2.24) is 4.90 Å². The second kappa shape index (κ2) is 8.01. The first-order chi connectivity index (χ1) is 12.5. The Balaban J connectivity index is 1.72. The van der Waals surface area contributed by atoms with Crippen molar-refractivity contribution >= 4 is 28.9 Å². The molecule has 0 aliphatic carbocycles. The summed E-state index contributed by atoms with van der Waals surface area (Å²) in [6.45, 7) is 5.35. The van der Waals surface area contributed by atoms with E-state index in [-0.39, 0.29) is 11.8 Å². The Labute approximate surface area is 153 Å². The van der Waals surface area contributed by atoms with Crippen molar-refractivity contribution < 1.29 is 9.59 Å². The minimum Gasteiger partial charge on any atom is -0.367 e. The van der Waals surface area contributed by atoms with Gasteiger partial charge in [-0.25, -0.2) is 0 Å². The van der Waals surface area contributed by atoms with Crippen LogP contribution in [0.3, 0.4) is 0 Å². The van der Waals surface area contributed by atoms with Crippen LogP contribution in [0.15, 0.2) is 48.5 Å². The number of carbonyl (C=O) groups is 2. The van der Waals surface area contributed by atoms with Crippen LogP contribution >= 0.6 is 0 Å². The van der Waals surface area contributed by atoms with Gasteiger partial charge in [-0.05, 0) is 43.4 Å².